The van der Waals surface area contributed by atoms with Crippen molar-refractivity contribution in [1.82, 2.24) is 4.90 Å². The molecule has 0 aliphatic heterocycles. The van der Waals surface area contributed by atoms with E-state index in [1.807, 2.05) is 18.2 Å². The van der Waals surface area contributed by atoms with Crippen molar-refractivity contribution in [3.8, 4) is 0 Å². The molecule has 2 amide bonds. The molecule has 0 fully saturated rings. The van der Waals surface area contributed by atoms with E-state index in [1.165, 1.54) is 15.9 Å². The molecule has 0 saturated heterocycles. The van der Waals surface area contributed by atoms with E-state index in [-0.39, 0.29) is 23.6 Å². The molecule has 33 heavy (non-hydrogen) atoms. The lowest BCUT2D eigenvalue weighted by molar-refractivity contribution is -0.133. The zero-order valence-electron chi connectivity index (χ0n) is 18.1. The third kappa shape index (κ3) is 6.12. The van der Waals surface area contributed by atoms with Crippen LogP contribution in [0.1, 0.15) is 26.3 Å². The maximum absolute atomic E-state index is 13.0. The lowest BCUT2D eigenvalue weighted by Gasteiger charge is -2.19. The summed E-state index contributed by atoms with van der Waals surface area (Å²) in [5.41, 5.74) is 1.74. The van der Waals surface area contributed by atoms with E-state index in [9.17, 15) is 14.4 Å². The van der Waals surface area contributed by atoms with Gasteiger partial charge in [-0.05, 0) is 42.0 Å². The molecular formula is C25H22Cl2N2O4. The van der Waals surface area contributed by atoms with E-state index in [0.717, 1.165) is 5.56 Å². The molecule has 3 rings (SSSR count). The predicted octanol–water partition coefficient (Wildman–Crippen LogP) is 5.09. The van der Waals surface area contributed by atoms with Crippen LogP contribution in [0.2, 0.25) is 10.0 Å². The highest BCUT2D eigenvalue weighted by molar-refractivity contribution is 6.42. The van der Waals surface area contributed by atoms with Gasteiger partial charge in [-0.25, -0.2) is 4.79 Å². The number of nitrogens with zero attached hydrogens (tertiary/aromatic N) is 2. The van der Waals surface area contributed by atoms with Gasteiger partial charge < -0.3 is 14.5 Å². The molecule has 3 aromatic rings. The number of amides is 2. The zero-order valence-corrected chi connectivity index (χ0v) is 19.6. The van der Waals surface area contributed by atoms with Gasteiger partial charge in [-0.3, -0.25) is 9.59 Å². The van der Waals surface area contributed by atoms with E-state index in [2.05, 4.69) is 0 Å². The van der Waals surface area contributed by atoms with Gasteiger partial charge in [0.1, 0.15) is 0 Å². The van der Waals surface area contributed by atoms with Crippen LogP contribution in [0.25, 0.3) is 0 Å². The monoisotopic (exact) mass is 484 g/mol. The lowest BCUT2D eigenvalue weighted by atomic mass is 10.1. The average Bonchev–Trinajstić information content (AvgIpc) is 2.84. The second kappa shape index (κ2) is 11.0. The number of para-hydroxylation sites is 1. The van der Waals surface area contributed by atoms with Crippen molar-refractivity contribution in [2.24, 2.45) is 0 Å². The van der Waals surface area contributed by atoms with E-state index in [0.29, 0.717) is 15.7 Å². The fourth-order valence-electron chi connectivity index (χ4n) is 3.11. The Labute approximate surface area is 202 Å². The van der Waals surface area contributed by atoms with E-state index >= 15 is 0 Å². The highest BCUT2D eigenvalue weighted by atomic mass is 35.5. The largest absolute Gasteiger partial charge is 0.452 e. The number of hydrogen-bond acceptors (Lipinski definition) is 4. The number of rotatable bonds is 7. The first-order valence-electron chi connectivity index (χ1n) is 10.0. The smallest absolute Gasteiger partial charge is 0.339 e. The summed E-state index contributed by atoms with van der Waals surface area (Å²) in [6.07, 6.45) is 0. The molecule has 0 saturated carbocycles. The summed E-state index contributed by atoms with van der Waals surface area (Å²) in [6, 6.07) is 20.5. The molecule has 170 valence electrons. The Bertz CT molecular complexity index is 1170. The van der Waals surface area contributed by atoms with Gasteiger partial charge in [-0.1, -0.05) is 59.6 Å². The molecular weight excluding hydrogens is 463 g/mol. The van der Waals surface area contributed by atoms with Gasteiger partial charge in [0.2, 0.25) is 0 Å². The lowest BCUT2D eigenvalue weighted by Crippen LogP contribution is -2.31. The van der Waals surface area contributed by atoms with Crippen LogP contribution in [0.4, 0.5) is 5.69 Å². The van der Waals surface area contributed by atoms with E-state index in [4.69, 9.17) is 27.9 Å². The highest BCUT2D eigenvalue weighted by Crippen LogP contribution is 2.23. The van der Waals surface area contributed by atoms with Crippen molar-refractivity contribution >= 4 is 46.7 Å². The van der Waals surface area contributed by atoms with Crippen molar-refractivity contribution in [2.75, 3.05) is 25.6 Å². The maximum atomic E-state index is 13.0. The van der Waals surface area contributed by atoms with Crippen LogP contribution >= 0.6 is 23.2 Å². The SMILES string of the molecule is CN(Cc1ccc(Cl)c(Cl)c1)C(=O)COC(=O)c1ccccc1C(=O)N(C)c1ccccc1. The van der Waals surface area contributed by atoms with Crippen molar-refractivity contribution < 1.29 is 19.1 Å². The summed E-state index contributed by atoms with van der Waals surface area (Å²) >= 11 is 11.9. The Morgan fingerprint density at radius 1 is 0.818 bits per heavy atom. The molecule has 0 bridgehead atoms. The molecule has 0 heterocycles. The average molecular weight is 485 g/mol. The minimum Gasteiger partial charge on any atom is -0.452 e. The molecule has 0 N–H and O–H groups in total. The van der Waals surface area contributed by atoms with Crippen LogP contribution < -0.4 is 4.90 Å². The van der Waals surface area contributed by atoms with Crippen molar-refractivity contribution in [2.45, 2.75) is 6.54 Å². The van der Waals surface area contributed by atoms with Gasteiger partial charge in [0, 0.05) is 26.3 Å². The summed E-state index contributed by atoms with van der Waals surface area (Å²) in [7, 11) is 3.21. The maximum Gasteiger partial charge on any atom is 0.339 e. The first kappa shape index (κ1) is 24.3. The summed E-state index contributed by atoms with van der Waals surface area (Å²) in [5.74, 6) is -1.52. The van der Waals surface area contributed by atoms with Crippen molar-refractivity contribution in [1.29, 1.82) is 0 Å². The summed E-state index contributed by atoms with van der Waals surface area (Å²) in [5, 5.41) is 0.817. The summed E-state index contributed by atoms with van der Waals surface area (Å²) < 4.78 is 5.22. The summed E-state index contributed by atoms with van der Waals surface area (Å²) in [6.45, 7) is -0.197. The number of halogens is 2. The van der Waals surface area contributed by atoms with Gasteiger partial charge in [-0.2, -0.15) is 0 Å². The Hall–Kier alpha value is -3.35. The normalized spacial score (nSPS) is 10.4. The number of likely N-dealkylation sites (N-methyl/N-ethyl adjacent to an activating group) is 1. The molecule has 0 spiro atoms. The molecule has 3 aromatic carbocycles. The second-order valence-corrected chi connectivity index (χ2v) is 8.13. The first-order valence-corrected chi connectivity index (χ1v) is 10.8. The Balaban J connectivity index is 1.65. The molecule has 6 nitrogen and oxygen atoms in total. The van der Waals surface area contributed by atoms with Gasteiger partial charge in [0.15, 0.2) is 6.61 Å². The number of esters is 1. The third-order valence-electron chi connectivity index (χ3n) is 4.98. The highest BCUT2D eigenvalue weighted by Gasteiger charge is 2.22. The number of anilines is 1. The zero-order chi connectivity index (χ0) is 24.0. The number of ether oxygens (including phenoxy) is 1. The predicted molar refractivity (Wildman–Crippen MR) is 129 cm³/mol. The number of carbonyl (C=O) groups excluding carboxylic acids is 3. The van der Waals surface area contributed by atoms with Crippen LogP contribution in [-0.2, 0) is 16.1 Å². The van der Waals surface area contributed by atoms with Crippen molar-refractivity contribution in [3.63, 3.8) is 0 Å². The van der Waals surface area contributed by atoms with Gasteiger partial charge in [-0.15, -0.1) is 0 Å². The minimum atomic E-state index is -0.753. The Kier molecular flexibility index (Phi) is 8.09. The number of carbonyl (C=O) groups is 3. The van der Waals surface area contributed by atoms with Gasteiger partial charge >= 0.3 is 5.97 Å². The van der Waals surface area contributed by atoms with Crippen LogP contribution in [0.15, 0.2) is 72.8 Å². The van der Waals surface area contributed by atoms with Crippen LogP contribution in [0, 0.1) is 0 Å². The Morgan fingerprint density at radius 2 is 1.45 bits per heavy atom. The molecule has 0 atom stereocenters. The third-order valence-corrected chi connectivity index (χ3v) is 5.72. The second-order valence-electron chi connectivity index (χ2n) is 7.32. The summed E-state index contributed by atoms with van der Waals surface area (Å²) in [4.78, 5) is 41.0. The van der Waals surface area contributed by atoms with Gasteiger partial charge in [0.05, 0.1) is 21.2 Å². The van der Waals surface area contributed by atoms with Crippen LogP contribution in [0.3, 0.4) is 0 Å². The van der Waals surface area contributed by atoms with Crippen LogP contribution in [0.5, 0.6) is 0 Å². The quantitative estimate of drug-likeness (QED) is 0.438. The fraction of sp³-hybridized carbons (Fsp3) is 0.160. The standard InChI is InChI=1S/C25H22Cl2N2O4/c1-28(15-17-12-13-21(26)22(27)14-17)23(30)16-33-25(32)20-11-7-6-10-19(20)24(31)29(2)18-8-4-3-5-9-18/h3-14H,15-16H2,1-2H3. The topological polar surface area (TPSA) is 66.9 Å². The van der Waals surface area contributed by atoms with Crippen LogP contribution in [-0.4, -0.2) is 43.4 Å². The van der Waals surface area contributed by atoms with Gasteiger partial charge in [0.25, 0.3) is 11.8 Å². The molecule has 0 aliphatic rings. The minimum absolute atomic E-state index is 0.0882. The van der Waals surface area contributed by atoms with E-state index in [1.54, 1.807) is 62.6 Å². The fourth-order valence-corrected chi connectivity index (χ4v) is 3.43. The molecule has 8 heteroatoms. The Morgan fingerprint density at radius 3 is 2.12 bits per heavy atom. The molecule has 0 unspecified atom stereocenters. The molecule has 0 aromatic heterocycles. The number of hydrogen-bond donors (Lipinski definition) is 0. The molecule has 0 aliphatic carbocycles. The molecule has 0 radical (unpaired) electrons. The van der Waals surface area contributed by atoms with Crippen molar-refractivity contribution in [3.05, 3.63) is 99.5 Å². The first-order chi connectivity index (χ1) is 15.8. The number of benzene rings is 3. The van der Waals surface area contributed by atoms with E-state index < -0.39 is 18.5 Å².